The molecule has 0 N–H and O–H groups in total. The highest BCUT2D eigenvalue weighted by Gasteiger charge is 2.52. The summed E-state index contributed by atoms with van der Waals surface area (Å²) in [6.45, 7) is 5.78. The summed E-state index contributed by atoms with van der Waals surface area (Å²) < 4.78 is 0. The predicted octanol–water partition coefficient (Wildman–Crippen LogP) is 3.32. The summed E-state index contributed by atoms with van der Waals surface area (Å²) >= 11 is 0. The summed E-state index contributed by atoms with van der Waals surface area (Å²) in [5.74, 6) is -0.651. The van der Waals surface area contributed by atoms with Crippen LogP contribution < -0.4 is 0 Å². The highest BCUT2D eigenvalue weighted by molar-refractivity contribution is 6.02. The number of carbonyl (C=O) groups excluding carboxylic acids is 4. The van der Waals surface area contributed by atoms with Crippen LogP contribution in [0, 0.1) is 11.8 Å². The van der Waals surface area contributed by atoms with Crippen molar-refractivity contribution < 1.29 is 19.2 Å². The molecule has 2 saturated heterocycles. The summed E-state index contributed by atoms with van der Waals surface area (Å²) in [6.07, 6.45) is 2.13. The van der Waals surface area contributed by atoms with Gasteiger partial charge in [0.1, 0.15) is 6.04 Å². The third-order valence-corrected chi connectivity index (χ3v) is 8.00. The molecule has 2 aromatic rings. The van der Waals surface area contributed by atoms with E-state index in [1.807, 2.05) is 35.2 Å². The molecule has 5 rings (SSSR count). The molecule has 3 amide bonds. The Morgan fingerprint density at radius 2 is 1.59 bits per heavy atom. The van der Waals surface area contributed by atoms with Crippen molar-refractivity contribution in [2.24, 2.45) is 11.8 Å². The van der Waals surface area contributed by atoms with Gasteiger partial charge in [-0.25, -0.2) is 0 Å². The Morgan fingerprint density at radius 1 is 0.892 bits per heavy atom. The molecule has 7 heteroatoms. The zero-order valence-electron chi connectivity index (χ0n) is 21.6. The van der Waals surface area contributed by atoms with Crippen molar-refractivity contribution in [1.82, 2.24) is 14.7 Å². The van der Waals surface area contributed by atoms with Gasteiger partial charge >= 0.3 is 0 Å². The van der Waals surface area contributed by atoms with Gasteiger partial charge in [-0.3, -0.25) is 19.2 Å². The second-order valence-electron chi connectivity index (χ2n) is 11.0. The van der Waals surface area contributed by atoms with Gasteiger partial charge in [-0.1, -0.05) is 56.3 Å². The lowest BCUT2D eigenvalue weighted by atomic mass is 9.91. The van der Waals surface area contributed by atoms with E-state index in [9.17, 15) is 19.2 Å². The Kier molecular flexibility index (Phi) is 7.13. The highest BCUT2D eigenvalue weighted by Crippen LogP contribution is 2.33. The quantitative estimate of drug-likeness (QED) is 0.609. The fraction of sp³-hybridized carbons (Fsp3) is 0.467. The first-order valence-corrected chi connectivity index (χ1v) is 13.4. The first-order valence-electron chi connectivity index (χ1n) is 13.4. The minimum Gasteiger partial charge on any atom is -0.338 e. The summed E-state index contributed by atoms with van der Waals surface area (Å²) in [7, 11) is 0. The number of amides is 3. The topological polar surface area (TPSA) is 78.0 Å². The number of hydrogen-bond acceptors (Lipinski definition) is 4. The predicted molar refractivity (Wildman–Crippen MR) is 140 cm³/mol. The monoisotopic (exact) mass is 501 g/mol. The third kappa shape index (κ3) is 5.04. The van der Waals surface area contributed by atoms with Gasteiger partial charge in [0.05, 0.1) is 12.6 Å². The minimum atomic E-state index is -0.619. The Hall–Kier alpha value is -3.48. The summed E-state index contributed by atoms with van der Waals surface area (Å²) in [6, 6.07) is 16.2. The molecule has 194 valence electrons. The maximum Gasteiger partial charge on any atom is 0.254 e. The minimum absolute atomic E-state index is 0.0112. The van der Waals surface area contributed by atoms with Crippen LogP contribution in [0.2, 0.25) is 0 Å². The summed E-state index contributed by atoms with van der Waals surface area (Å²) in [4.78, 5) is 58.5. The number of likely N-dealkylation sites (tertiary alicyclic amines) is 2. The van der Waals surface area contributed by atoms with Crippen molar-refractivity contribution in [2.45, 2.75) is 58.2 Å². The maximum absolute atomic E-state index is 13.8. The van der Waals surface area contributed by atoms with Crippen molar-refractivity contribution in [3.8, 4) is 0 Å². The Labute approximate surface area is 218 Å². The number of carbonyl (C=O) groups is 4. The Bertz CT molecular complexity index is 1190. The van der Waals surface area contributed by atoms with Gasteiger partial charge in [0.2, 0.25) is 11.8 Å². The van der Waals surface area contributed by atoms with Crippen molar-refractivity contribution in [3.63, 3.8) is 0 Å². The highest BCUT2D eigenvalue weighted by atomic mass is 16.2. The van der Waals surface area contributed by atoms with Gasteiger partial charge in [-0.05, 0) is 48.4 Å². The molecule has 0 saturated carbocycles. The van der Waals surface area contributed by atoms with Gasteiger partial charge in [0.15, 0.2) is 5.78 Å². The van der Waals surface area contributed by atoms with Crippen LogP contribution in [0.3, 0.4) is 0 Å². The van der Waals surface area contributed by atoms with Crippen LogP contribution in [0.5, 0.6) is 0 Å². The Balaban J connectivity index is 1.29. The molecule has 1 unspecified atom stereocenters. The van der Waals surface area contributed by atoms with Gasteiger partial charge in [-0.15, -0.1) is 0 Å². The number of benzene rings is 2. The molecule has 3 aliphatic heterocycles. The van der Waals surface area contributed by atoms with Crippen LogP contribution in [0.15, 0.2) is 54.6 Å². The number of Topliss-reactive ketones (excluding diaryl/α,β-unsaturated/α-hetero) is 1. The van der Waals surface area contributed by atoms with Gasteiger partial charge in [-0.2, -0.15) is 0 Å². The molecule has 37 heavy (non-hydrogen) atoms. The van der Waals surface area contributed by atoms with E-state index in [1.54, 1.807) is 21.9 Å². The zero-order chi connectivity index (χ0) is 26.1. The number of fused-ring (bicyclic) bond motifs is 2. The summed E-state index contributed by atoms with van der Waals surface area (Å²) in [5.41, 5.74) is 2.99. The van der Waals surface area contributed by atoms with Crippen molar-refractivity contribution in [1.29, 1.82) is 0 Å². The third-order valence-electron chi connectivity index (χ3n) is 8.00. The molecule has 0 aliphatic carbocycles. The SMILES string of the molecule is CC(C)CC(CC(=O)N1CCc2ccccc2C1)C(=O)N1CC[C@@H]2[C@H]1C(=O)CN2C(=O)c1ccccc1. The van der Waals surface area contributed by atoms with E-state index in [2.05, 4.69) is 26.0 Å². The molecule has 2 aromatic carbocycles. The van der Waals surface area contributed by atoms with Crippen molar-refractivity contribution in [3.05, 3.63) is 71.3 Å². The lowest BCUT2D eigenvalue weighted by Crippen LogP contribution is -2.47. The molecule has 3 heterocycles. The van der Waals surface area contributed by atoms with Crippen LogP contribution in [-0.4, -0.2) is 69.9 Å². The van der Waals surface area contributed by atoms with E-state index in [0.717, 1.165) is 12.0 Å². The van der Waals surface area contributed by atoms with E-state index in [1.165, 1.54) is 5.56 Å². The Morgan fingerprint density at radius 3 is 2.32 bits per heavy atom. The molecule has 3 atom stereocenters. The normalized spacial score (nSPS) is 21.7. The van der Waals surface area contributed by atoms with Crippen molar-refractivity contribution in [2.75, 3.05) is 19.6 Å². The van der Waals surface area contributed by atoms with E-state index in [4.69, 9.17) is 0 Å². The molecule has 0 bridgehead atoms. The second-order valence-corrected chi connectivity index (χ2v) is 11.0. The lowest BCUT2D eigenvalue weighted by molar-refractivity contribution is -0.144. The fourth-order valence-corrected chi connectivity index (χ4v) is 6.21. The maximum atomic E-state index is 13.8. The van der Waals surface area contributed by atoms with E-state index >= 15 is 0 Å². The average Bonchev–Trinajstić information content (AvgIpc) is 3.48. The smallest absolute Gasteiger partial charge is 0.254 e. The molecular weight excluding hydrogens is 466 g/mol. The summed E-state index contributed by atoms with van der Waals surface area (Å²) in [5, 5.41) is 0. The number of rotatable bonds is 6. The van der Waals surface area contributed by atoms with Crippen LogP contribution in [-0.2, 0) is 27.3 Å². The number of ketones is 1. The first-order chi connectivity index (χ1) is 17.8. The van der Waals surface area contributed by atoms with Crippen LogP contribution in [0.25, 0.3) is 0 Å². The van der Waals surface area contributed by atoms with Crippen LogP contribution in [0.1, 0.15) is 54.6 Å². The number of nitrogens with zero attached hydrogens (tertiary/aromatic N) is 3. The average molecular weight is 502 g/mol. The van der Waals surface area contributed by atoms with Crippen LogP contribution in [0.4, 0.5) is 0 Å². The second kappa shape index (κ2) is 10.5. The lowest BCUT2D eigenvalue weighted by Gasteiger charge is -2.32. The van der Waals surface area contributed by atoms with Gasteiger partial charge in [0, 0.05) is 37.5 Å². The first kappa shape index (κ1) is 25.2. The standard InChI is InChI=1S/C30H35N3O4/c1-20(2)16-24(17-27(35)31-14-12-21-8-6-7-11-23(21)18-31)30(37)32-15-13-25-28(32)26(34)19-33(25)29(36)22-9-4-3-5-10-22/h3-11,20,24-25,28H,12-19H2,1-2H3/t24?,25-,28+/m1/s1. The number of hydrogen-bond donors (Lipinski definition) is 0. The molecule has 0 aromatic heterocycles. The van der Waals surface area contributed by atoms with E-state index in [0.29, 0.717) is 38.0 Å². The fourth-order valence-electron chi connectivity index (χ4n) is 6.21. The molecule has 2 fully saturated rings. The molecular formula is C30H35N3O4. The van der Waals surface area contributed by atoms with Crippen molar-refractivity contribution >= 4 is 23.5 Å². The van der Waals surface area contributed by atoms with Gasteiger partial charge < -0.3 is 14.7 Å². The largest absolute Gasteiger partial charge is 0.338 e. The van der Waals surface area contributed by atoms with E-state index in [-0.39, 0.29) is 48.4 Å². The van der Waals surface area contributed by atoms with Crippen LogP contribution >= 0.6 is 0 Å². The molecule has 0 spiro atoms. The van der Waals surface area contributed by atoms with Gasteiger partial charge in [0.25, 0.3) is 5.91 Å². The molecule has 3 aliphatic rings. The van der Waals surface area contributed by atoms with E-state index < -0.39 is 12.0 Å². The molecule has 7 nitrogen and oxygen atoms in total. The molecule has 0 radical (unpaired) electrons. The zero-order valence-corrected chi connectivity index (χ0v) is 21.6.